The molecule has 28 heavy (non-hydrogen) atoms. The van der Waals surface area contributed by atoms with Crippen molar-refractivity contribution in [2.24, 2.45) is 9.98 Å². The highest BCUT2D eigenvalue weighted by Crippen LogP contribution is 2.36. The highest BCUT2D eigenvalue weighted by atomic mass is 16.1. The van der Waals surface area contributed by atoms with Gasteiger partial charge in [0.25, 0.3) is 0 Å². The first kappa shape index (κ1) is 14.3. The zero-order valence-electron chi connectivity index (χ0n) is 14.6. The van der Waals surface area contributed by atoms with Crippen LogP contribution >= 0.6 is 0 Å². The molecule has 0 bridgehead atoms. The molecule has 0 fully saturated rings. The van der Waals surface area contributed by atoms with E-state index in [0.29, 0.717) is 17.6 Å². The lowest BCUT2D eigenvalue weighted by atomic mass is 9.95. The Hall–Kier alpha value is -3.80. The highest BCUT2D eigenvalue weighted by Gasteiger charge is 2.30. The molecular formula is C22H12N4O2. The van der Waals surface area contributed by atoms with Gasteiger partial charge in [-0.2, -0.15) is 0 Å². The van der Waals surface area contributed by atoms with Crippen LogP contribution in [0.4, 0.5) is 0 Å². The number of ketones is 2. The fourth-order valence-electron chi connectivity index (χ4n) is 4.99. The average molecular weight is 364 g/mol. The number of rotatable bonds is 0. The van der Waals surface area contributed by atoms with Gasteiger partial charge in [-0.25, -0.2) is 0 Å². The topological polar surface area (TPSA) is 68.7 Å². The predicted octanol–water partition coefficient (Wildman–Crippen LogP) is 1.70. The van der Waals surface area contributed by atoms with Crippen LogP contribution in [0, 0.1) is 0 Å². The molecule has 0 unspecified atom stereocenters. The van der Waals surface area contributed by atoms with E-state index in [2.05, 4.69) is 26.7 Å². The van der Waals surface area contributed by atoms with Gasteiger partial charge in [0.1, 0.15) is 6.67 Å². The van der Waals surface area contributed by atoms with Crippen LogP contribution in [0.15, 0.2) is 34.3 Å². The van der Waals surface area contributed by atoms with E-state index < -0.39 is 0 Å². The van der Waals surface area contributed by atoms with Crippen LogP contribution < -0.4 is 10.6 Å². The minimum atomic E-state index is -0.154. The van der Waals surface area contributed by atoms with Gasteiger partial charge in [0, 0.05) is 45.4 Å². The Morgan fingerprint density at radius 1 is 1.04 bits per heavy atom. The lowest BCUT2D eigenvalue weighted by Gasteiger charge is -2.05. The second-order valence-corrected chi connectivity index (χ2v) is 7.41. The summed E-state index contributed by atoms with van der Waals surface area (Å²) >= 11 is 0. The van der Waals surface area contributed by atoms with E-state index in [1.807, 2.05) is 35.5 Å². The van der Waals surface area contributed by atoms with E-state index in [9.17, 15) is 9.59 Å². The quantitative estimate of drug-likeness (QED) is 0.446. The van der Waals surface area contributed by atoms with Gasteiger partial charge in [0.15, 0.2) is 11.6 Å². The summed E-state index contributed by atoms with van der Waals surface area (Å²) in [5.74, 6) is -0.279. The molecule has 4 heterocycles. The Labute approximate surface area is 157 Å². The number of hydrogen-bond acceptors (Lipinski definition) is 4. The molecule has 0 amide bonds. The summed E-state index contributed by atoms with van der Waals surface area (Å²) in [6.07, 6.45) is 7.06. The van der Waals surface area contributed by atoms with Gasteiger partial charge in [-0.1, -0.05) is 18.2 Å². The highest BCUT2D eigenvalue weighted by molar-refractivity contribution is 6.31. The number of nitrogens with zero attached hydrogens (tertiary/aromatic N) is 4. The van der Waals surface area contributed by atoms with Crippen LogP contribution in [0.2, 0.25) is 0 Å². The number of aliphatic imine (C=N–C) groups is 2. The number of aromatic nitrogens is 2. The van der Waals surface area contributed by atoms with Gasteiger partial charge in [-0.3, -0.25) is 24.1 Å². The fourth-order valence-corrected chi connectivity index (χ4v) is 4.99. The monoisotopic (exact) mass is 364 g/mol. The second-order valence-electron chi connectivity index (χ2n) is 7.41. The normalized spacial score (nSPS) is 16.7. The molecule has 4 aromatic rings. The molecule has 3 aliphatic rings. The van der Waals surface area contributed by atoms with Crippen LogP contribution in [0.1, 0.15) is 22.3 Å². The molecule has 2 aliphatic heterocycles. The van der Waals surface area contributed by atoms with Crippen molar-refractivity contribution in [3.05, 3.63) is 46.0 Å². The Balaban J connectivity index is 1.94. The summed E-state index contributed by atoms with van der Waals surface area (Å²) in [5.41, 5.74) is 4.69. The predicted molar refractivity (Wildman–Crippen MR) is 109 cm³/mol. The molecule has 6 heteroatoms. The fraction of sp³-hybridized carbons (Fsp3) is 0.0909. The lowest BCUT2D eigenvalue weighted by molar-refractivity contribution is -0.112. The van der Waals surface area contributed by atoms with Crippen molar-refractivity contribution in [2.45, 2.75) is 13.1 Å². The van der Waals surface area contributed by atoms with E-state index in [1.165, 1.54) is 0 Å². The molecule has 1 aliphatic carbocycles. The summed E-state index contributed by atoms with van der Waals surface area (Å²) in [7, 11) is 0. The molecule has 2 aromatic carbocycles. The largest absolute Gasteiger partial charge is 0.318 e. The smallest absolute Gasteiger partial charge is 0.173 e. The third-order valence-electron chi connectivity index (χ3n) is 6.01. The lowest BCUT2D eigenvalue weighted by Crippen LogP contribution is -2.29. The van der Waals surface area contributed by atoms with Crippen molar-refractivity contribution in [1.82, 2.24) is 9.13 Å². The second kappa shape index (κ2) is 4.54. The molecule has 0 saturated heterocycles. The first-order valence-electron chi connectivity index (χ1n) is 9.16. The van der Waals surface area contributed by atoms with Gasteiger partial charge in [0.2, 0.25) is 0 Å². The van der Waals surface area contributed by atoms with Crippen molar-refractivity contribution in [3.8, 4) is 0 Å². The van der Waals surface area contributed by atoms with Gasteiger partial charge in [-0.15, -0.1) is 0 Å². The molecule has 132 valence electrons. The van der Waals surface area contributed by atoms with E-state index in [4.69, 9.17) is 0 Å². The maximum atomic E-state index is 12.9. The maximum absolute atomic E-state index is 12.9. The van der Waals surface area contributed by atoms with E-state index in [1.54, 1.807) is 6.08 Å². The summed E-state index contributed by atoms with van der Waals surface area (Å²) in [5, 5.41) is 4.75. The number of fused-ring (bicyclic) bond motifs is 9. The van der Waals surface area contributed by atoms with Crippen molar-refractivity contribution < 1.29 is 9.59 Å². The van der Waals surface area contributed by atoms with Gasteiger partial charge >= 0.3 is 0 Å². The van der Waals surface area contributed by atoms with Crippen LogP contribution in [-0.2, 0) is 11.5 Å². The van der Waals surface area contributed by atoms with Crippen molar-refractivity contribution in [2.75, 3.05) is 0 Å². The number of carbonyl (C=O) groups excluding carboxylic acids is 2. The van der Waals surface area contributed by atoms with Crippen molar-refractivity contribution in [3.63, 3.8) is 0 Å². The van der Waals surface area contributed by atoms with Gasteiger partial charge in [-0.05, 0) is 6.07 Å². The molecule has 0 atom stereocenters. The van der Waals surface area contributed by atoms with Crippen LogP contribution in [0.25, 0.3) is 45.0 Å². The minimum absolute atomic E-state index is 0.0773. The summed E-state index contributed by atoms with van der Waals surface area (Å²) in [6, 6.07) is 8.23. The number of Topliss-reactive ketones (excluding diaryl/α,β-unsaturated/α-hetero) is 2. The molecule has 6 nitrogen and oxygen atoms in total. The SMILES string of the molecule is O=C1C=c2c(c3c4c(c5c6ccccc6n6c5c3n2CN=C6)C=NC=4)C(=O)C1. The third-order valence-corrected chi connectivity index (χ3v) is 6.01. The standard InChI is InChI=1S/C22H12N4O2/c27-11-5-16-20(17(28)6-11)19-14-8-23-7-13(14)18-12-3-1-2-4-15(12)25-9-24-10-26(16)22(19)21(18)25/h1-5,7-9H,6,10H2. The Kier molecular flexibility index (Phi) is 2.31. The Morgan fingerprint density at radius 3 is 2.86 bits per heavy atom. The van der Waals surface area contributed by atoms with Crippen LogP contribution in [0.5, 0.6) is 0 Å². The van der Waals surface area contributed by atoms with Crippen molar-refractivity contribution in [1.29, 1.82) is 0 Å². The summed E-state index contributed by atoms with van der Waals surface area (Å²) in [6.45, 7) is 0.369. The summed E-state index contributed by atoms with van der Waals surface area (Å²) < 4.78 is 4.11. The molecule has 0 saturated carbocycles. The number of benzene rings is 2. The number of para-hydroxylation sites is 1. The van der Waals surface area contributed by atoms with Gasteiger partial charge in [0.05, 0.1) is 40.2 Å². The van der Waals surface area contributed by atoms with Crippen molar-refractivity contribution >= 4 is 69.1 Å². The molecular weight excluding hydrogens is 352 g/mol. The zero-order valence-corrected chi connectivity index (χ0v) is 14.6. The van der Waals surface area contributed by atoms with Crippen LogP contribution in [0.3, 0.4) is 0 Å². The Bertz CT molecular complexity index is 1640. The first-order valence-corrected chi connectivity index (χ1v) is 9.16. The molecule has 7 rings (SSSR count). The maximum Gasteiger partial charge on any atom is 0.173 e. The van der Waals surface area contributed by atoms with E-state index in [0.717, 1.165) is 43.5 Å². The van der Waals surface area contributed by atoms with Gasteiger partial charge < -0.3 is 4.57 Å². The third kappa shape index (κ3) is 1.44. The number of hydrogen-bond donors (Lipinski definition) is 0. The average Bonchev–Trinajstić information content (AvgIpc) is 3.31. The number of carbonyl (C=O) groups is 2. The summed E-state index contributed by atoms with van der Waals surface area (Å²) in [4.78, 5) is 34.1. The van der Waals surface area contributed by atoms with E-state index >= 15 is 0 Å². The van der Waals surface area contributed by atoms with E-state index in [-0.39, 0.29) is 18.0 Å². The molecule has 0 N–H and O–H groups in total. The molecule has 2 aromatic heterocycles. The Morgan fingerprint density at radius 2 is 1.93 bits per heavy atom. The first-order chi connectivity index (χ1) is 13.7. The molecule has 0 spiro atoms. The van der Waals surface area contributed by atoms with Crippen LogP contribution in [-0.4, -0.2) is 33.3 Å². The zero-order chi connectivity index (χ0) is 18.6. The molecule has 0 radical (unpaired) electrons. The minimum Gasteiger partial charge on any atom is -0.318 e.